The number of amides is 3. The fraction of sp³-hybridized carbons (Fsp3) is 0.389. The lowest BCUT2D eigenvalue weighted by Crippen LogP contribution is -2.44. The Morgan fingerprint density at radius 3 is 2.64 bits per heavy atom. The number of methoxy groups -OCH3 is 1. The lowest BCUT2D eigenvalue weighted by Gasteiger charge is -2.19. The van der Waals surface area contributed by atoms with Gasteiger partial charge in [-0.05, 0) is 37.1 Å². The number of carbonyl (C=O) groups is 2. The Morgan fingerprint density at radius 2 is 1.96 bits per heavy atom. The molecule has 4 rings (SSSR count). The number of nitrogens with zero attached hydrogens (tertiary/aromatic N) is 2. The first-order valence-corrected chi connectivity index (χ1v) is 9.22. The van der Waals surface area contributed by atoms with E-state index in [9.17, 15) is 9.59 Å². The molecule has 1 aliphatic heterocycles. The van der Waals surface area contributed by atoms with E-state index in [0.717, 1.165) is 47.7 Å². The van der Waals surface area contributed by atoms with Gasteiger partial charge in [0, 0.05) is 10.9 Å². The van der Waals surface area contributed by atoms with E-state index in [0.29, 0.717) is 0 Å². The van der Waals surface area contributed by atoms with Crippen LogP contribution in [0.2, 0.25) is 0 Å². The van der Waals surface area contributed by atoms with Crippen molar-refractivity contribution in [2.75, 3.05) is 7.11 Å². The molecule has 6 nitrogen and oxygen atoms in total. The largest absolute Gasteiger partial charge is 0.497 e. The van der Waals surface area contributed by atoms with E-state index in [1.165, 1.54) is 16.2 Å². The van der Waals surface area contributed by atoms with E-state index in [1.54, 1.807) is 7.11 Å². The number of thiazole rings is 1. The molecular weight excluding hydrogens is 338 g/mol. The van der Waals surface area contributed by atoms with E-state index in [4.69, 9.17) is 4.74 Å². The number of nitrogens with one attached hydrogen (secondary N) is 1. The summed E-state index contributed by atoms with van der Waals surface area (Å²) in [5, 5.41) is 5.66. The number of aromatic nitrogens is 1. The molecule has 1 saturated heterocycles. The highest BCUT2D eigenvalue weighted by Crippen LogP contribution is 2.36. The summed E-state index contributed by atoms with van der Waals surface area (Å²) in [6.45, 7) is 0.221. The maximum absolute atomic E-state index is 12.7. The summed E-state index contributed by atoms with van der Waals surface area (Å²) in [6, 6.07) is 7.37. The number of ether oxygens (including phenoxy) is 1. The number of urea groups is 1. The van der Waals surface area contributed by atoms with Gasteiger partial charge >= 0.3 is 6.03 Å². The number of rotatable bonds is 4. The number of hydrogen-bond acceptors (Lipinski definition) is 5. The molecule has 0 radical (unpaired) electrons. The van der Waals surface area contributed by atoms with E-state index in [1.807, 2.05) is 29.6 Å². The monoisotopic (exact) mass is 357 g/mol. The van der Waals surface area contributed by atoms with Gasteiger partial charge in [-0.2, -0.15) is 0 Å². The highest BCUT2D eigenvalue weighted by Gasteiger charge is 2.52. The molecule has 2 heterocycles. The molecule has 130 valence electrons. The molecule has 1 aromatic carbocycles. The molecule has 25 heavy (non-hydrogen) atoms. The van der Waals surface area contributed by atoms with Gasteiger partial charge in [-0.25, -0.2) is 9.78 Å². The molecule has 1 aliphatic carbocycles. The predicted molar refractivity (Wildman–Crippen MR) is 94.4 cm³/mol. The van der Waals surface area contributed by atoms with E-state index in [-0.39, 0.29) is 18.5 Å². The second-order valence-corrected chi connectivity index (χ2v) is 7.34. The Hall–Kier alpha value is -2.41. The van der Waals surface area contributed by atoms with Gasteiger partial charge in [-0.3, -0.25) is 9.69 Å². The summed E-state index contributed by atoms with van der Waals surface area (Å²) in [4.78, 5) is 30.8. The molecule has 0 bridgehead atoms. The Bertz CT molecular complexity index is 809. The Labute approximate surface area is 149 Å². The number of benzene rings is 1. The Balaban J connectivity index is 1.51. The van der Waals surface area contributed by atoms with E-state index < -0.39 is 5.54 Å². The lowest BCUT2D eigenvalue weighted by atomic mass is 9.98. The van der Waals surface area contributed by atoms with Crippen LogP contribution in [0.15, 0.2) is 29.6 Å². The minimum absolute atomic E-state index is 0.103. The average molecular weight is 357 g/mol. The first kappa shape index (κ1) is 16.1. The SMILES string of the molecule is COc1ccc(-c2nc(CN3C(=O)NC4(CCCC4)C3=O)cs2)cc1. The zero-order chi connectivity index (χ0) is 17.4. The van der Waals surface area contributed by atoms with Crippen molar-refractivity contribution in [3.8, 4) is 16.3 Å². The highest BCUT2D eigenvalue weighted by molar-refractivity contribution is 7.13. The Kier molecular flexibility index (Phi) is 3.95. The van der Waals surface area contributed by atoms with Gasteiger partial charge < -0.3 is 10.1 Å². The maximum atomic E-state index is 12.7. The second kappa shape index (κ2) is 6.15. The van der Waals surface area contributed by atoms with Crippen molar-refractivity contribution < 1.29 is 14.3 Å². The van der Waals surface area contributed by atoms with Crippen molar-refractivity contribution in [2.24, 2.45) is 0 Å². The molecule has 7 heteroatoms. The molecule has 3 amide bonds. The molecule has 2 aromatic rings. The van der Waals surface area contributed by atoms with Gasteiger partial charge in [0.1, 0.15) is 16.3 Å². The van der Waals surface area contributed by atoms with Crippen LogP contribution in [0.25, 0.3) is 10.6 Å². The van der Waals surface area contributed by atoms with Crippen molar-refractivity contribution in [3.63, 3.8) is 0 Å². The smallest absolute Gasteiger partial charge is 0.325 e. The molecule has 1 aromatic heterocycles. The van der Waals surface area contributed by atoms with Crippen LogP contribution in [0.3, 0.4) is 0 Å². The zero-order valence-corrected chi connectivity index (χ0v) is 14.8. The fourth-order valence-electron chi connectivity index (χ4n) is 3.55. The van der Waals surface area contributed by atoms with Crippen molar-refractivity contribution in [3.05, 3.63) is 35.3 Å². The second-order valence-electron chi connectivity index (χ2n) is 6.48. The van der Waals surface area contributed by atoms with Crippen LogP contribution in [0, 0.1) is 0 Å². The summed E-state index contributed by atoms with van der Waals surface area (Å²) < 4.78 is 5.16. The van der Waals surface area contributed by atoms with Gasteiger partial charge in [0.15, 0.2) is 0 Å². The number of hydrogen-bond donors (Lipinski definition) is 1. The van der Waals surface area contributed by atoms with Crippen molar-refractivity contribution in [2.45, 2.75) is 37.8 Å². The number of carbonyl (C=O) groups excluding carboxylic acids is 2. The third-order valence-electron chi connectivity index (χ3n) is 4.91. The van der Waals surface area contributed by atoms with Crippen LogP contribution in [-0.2, 0) is 11.3 Å². The molecule has 1 N–H and O–H groups in total. The van der Waals surface area contributed by atoms with Gasteiger partial charge in [0.25, 0.3) is 5.91 Å². The predicted octanol–water partition coefficient (Wildman–Crippen LogP) is 3.18. The van der Waals surface area contributed by atoms with Crippen LogP contribution in [0.1, 0.15) is 31.4 Å². The molecule has 1 spiro atoms. The minimum atomic E-state index is -0.661. The maximum Gasteiger partial charge on any atom is 0.325 e. The van der Waals surface area contributed by atoms with E-state index in [2.05, 4.69) is 10.3 Å². The minimum Gasteiger partial charge on any atom is -0.497 e. The normalized spacial score (nSPS) is 18.8. The topological polar surface area (TPSA) is 71.5 Å². The molecule has 0 atom stereocenters. The van der Waals surface area contributed by atoms with Gasteiger partial charge in [-0.1, -0.05) is 12.8 Å². The standard InChI is InChI=1S/C18H19N3O3S/c1-24-14-6-4-12(5-7-14)15-19-13(11-25-15)10-21-16(22)18(20-17(21)23)8-2-3-9-18/h4-7,11H,2-3,8-10H2,1H3,(H,20,23). The van der Waals surface area contributed by atoms with Gasteiger partial charge in [-0.15, -0.1) is 11.3 Å². The van der Waals surface area contributed by atoms with Crippen LogP contribution in [0.5, 0.6) is 5.75 Å². The van der Waals surface area contributed by atoms with Crippen LogP contribution in [0.4, 0.5) is 4.79 Å². The summed E-state index contributed by atoms with van der Waals surface area (Å²) in [6.07, 6.45) is 3.45. The first-order valence-electron chi connectivity index (χ1n) is 8.34. The number of imide groups is 1. The van der Waals surface area contributed by atoms with Crippen LogP contribution in [-0.4, -0.2) is 34.5 Å². The molecule has 1 saturated carbocycles. The van der Waals surface area contributed by atoms with Crippen LogP contribution < -0.4 is 10.1 Å². The lowest BCUT2D eigenvalue weighted by molar-refractivity contribution is -0.131. The molecule has 2 fully saturated rings. The van der Waals surface area contributed by atoms with Crippen molar-refractivity contribution in [1.82, 2.24) is 15.2 Å². The summed E-state index contributed by atoms with van der Waals surface area (Å²) in [5.74, 6) is 0.690. The Morgan fingerprint density at radius 1 is 1.24 bits per heavy atom. The third kappa shape index (κ3) is 2.78. The first-order chi connectivity index (χ1) is 12.1. The molecule has 2 aliphatic rings. The molecule has 0 unspecified atom stereocenters. The van der Waals surface area contributed by atoms with Crippen molar-refractivity contribution >= 4 is 23.3 Å². The highest BCUT2D eigenvalue weighted by atomic mass is 32.1. The zero-order valence-electron chi connectivity index (χ0n) is 13.9. The van der Waals surface area contributed by atoms with Gasteiger partial charge in [0.2, 0.25) is 0 Å². The van der Waals surface area contributed by atoms with Crippen molar-refractivity contribution in [1.29, 1.82) is 0 Å². The van der Waals surface area contributed by atoms with Gasteiger partial charge in [0.05, 0.1) is 19.3 Å². The quantitative estimate of drug-likeness (QED) is 0.853. The van der Waals surface area contributed by atoms with Crippen LogP contribution >= 0.6 is 11.3 Å². The third-order valence-corrected chi connectivity index (χ3v) is 5.85. The summed E-state index contributed by atoms with van der Waals surface area (Å²) in [5.41, 5.74) is 1.06. The summed E-state index contributed by atoms with van der Waals surface area (Å²) >= 11 is 1.50. The average Bonchev–Trinajstić information content (AvgIpc) is 3.33. The summed E-state index contributed by atoms with van der Waals surface area (Å²) in [7, 11) is 1.63. The van der Waals surface area contributed by atoms with E-state index >= 15 is 0 Å². The molecular formula is C18H19N3O3S. The fourth-order valence-corrected chi connectivity index (χ4v) is 4.36.